The van der Waals surface area contributed by atoms with Crippen LogP contribution >= 0.6 is 15.9 Å². The molecule has 17 heteroatoms. The van der Waals surface area contributed by atoms with Crippen molar-refractivity contribution in [1.29, 1.82) is 0 Å². The van der Waals surface area contributed by atoms with Gasteiger partial charge in [-0.25, -0.2) is 4.79 Å². The number of alkyl halides is 1. The molecular weight excluding hydrogens is 736 g/mol. The minimum atomic E-state index is -1.08. The maximum atomic E-state index is 12.2. The Bertz CT molecular complexity index is 960. The van der Waals surface area contributed by atoms with Crippen molar-refractivity contribution in [2.24, 2.45) is 0 Å². The van der Waals surface area contributed by atoms with Gasteiger partial charge < -0.3 is 50.4 Å². The van der Waals surface area contributed by atoms with Crippen LogP contribution in [0.2, 0.25) is 0 Å². The predicted molar refractivity (Wildman–Crippen MR) is 193 cm³/mol. The summed E-state index contributed by atoms with van der Waals surface area (Å²) in [6, 6.07) is -0.958. The Kier molecular flexibility index (Phi) is 33.5. The van der Waals surface area contributed by atoms with Gasteiger partial charge in [0.05, 0.1) is 58.2 Å². The van der Waals surface area contributed by atoms with Crippen molar-refractivity contribution in [3.8, 4) is 0 Å². The highest BCUT2D eigenvalue weighted by atomic mass is 79.9. The van der Waals surface area contributed by atoms with Crippen molar-refractivity contribution in [3.05, 3.63) is 0 Å². The molecule has 0 aliphatic carbocycles. The SMILES string of the molecule is O=C(O)CCCCCCCCCCC(=O)N[C@@H](CCCCNC(=O)CCOCCOCCNC(=O)CCOCCOCCNC(=O)CBr)C(=O)O. The van der Waals surface area contributed by atoms with Crippen LogP contribution in [0.15, 0.2) is 0 Å². The average molecular weight is 798 g/mol. The van der Waals surface area contributed by atoms with E-state index in [2.05, 4.69) is 37.2 Å². The number of carboxylic acids is 2. The number of carbonyl (C=O) groups is 6. The molecule has 6 N–H and O–H groups in total. The third-order valence-electron chi connectivity index (χ3n) is 7.37. The van der Waals surface area contributed by atoms with Gasteiger partial charge in [-0.3, -0.25) is 24.0 Å². The van der Waals surface area contributed by atoms with Crippen LogP contribution in [-0.2, 0) is 47.7 Å². The van der Waals surface area contributed by atoms with E-state index in [-0.39, 0.29) is 74.3 Å². The largest absolute Gasteiger partial charge is 0.481 e. The van der Waals surface area contributed by atoms with Crippen molar-refractivity contribution in [2.75, 3.05) is 77.8 Å². The fourth-order valence-corrected chi connectivity index (χ4v) is 4.77. The molecule has 0 spiro atoms. The number of amides is 4. The van der Waals surface area contributed by atoms with Crippen LogP contribution in [0, 0.1) is 0 Å². The summed E-state index contributed by atoms with van der Waals surface area (Å²) in [6.07, 6.45) is 9.57. The molecule has 0 heterocycles. The minimum absolute atomic E-state index is 0.102. The number of aliphatic carboxylic acids is 2. The summed E-state index contributed by atoms with van der Waals surface area (Å²) in [5.41, 5.74) is 0. The number of nitrogens with one attached hydrogen (secondary N) is 4. The summed E-state index contributed by atoms with van der Waals surface area (Å²) in [5.74, 6) is -2.54. The maximum absolute atomic E-state index is 12.2. The molecule has 51 heavy (non-hydrogen) atoms. The fourth-order valence-electron chi connectivity index (χ4n) is 4.57. The molecule has 0 radical (unpaired) electrons. The summed E-state index contributed by atoms with van der Waals surface area (Å²) < 4.78 is 21.5. The van der Waals surface area contributed by atoms with E-state index in [1.54, 1.807) is 0 Å². The van der Waals surface area contributed by atoms with E-state index in [4.69, 9.17) is 24.1 Å². The second-order valence-corrected chi connectivity index (χ2v) is 12.4. The van der Waals surface area contributed by atoms with Crippen LogP contribution in [0.3, 0.4) is 0 Å². The van der Waals surface area contributed by atoms with Crippen molar-refractivity contribution >= 4 is 51.5 Å². The van der Waals surface area contributed by atoms with E-state index in [9.17, 15) is 33.9 Å². The number of hydrogen-bond donors (Lipinski definition) is 6. The standard InChI is InChI=1S/C34H61BrN4O12/c35-27-32(43)38-18-22-51-26-24-49-20-15-30(41)37-17-21-50-25-23-48-19-14-29(40)36-16-10-9-11-28(34(46)47)39-31(42)12-7-5-3-1-2-4-6-8-13-33(44)45/h28H,1-27H2,(H,36,40)(H,37,41)(H,38,43)(H,39,42)(H,44,45)(H,46,47)/t28-/m0/s1. The summed E-state index contributed by atoms with van der Waals surface area (Å²) in [7, 11) is 0. The lowest BCUT2D eigenvalue weighted by Crippen LogP contribution is -2.40. The zero-order valence-electron chi connectivity index (χ0n) is 30.0. The van der Waals surface area contributed by atoms with Crippen LogP contribution in [0.1, 0.15) is 96.3 Å². The Morgan fingerprint density at radius 2 is 0.922 bits per heavy atom. The molecule has 0 fully saturated rings. The molecule has 0 saturated carbocycles. The third kappa shape index (κ3) is 35.3. The predicted octanol–water partition coefficient (Wildman–Crippen LogP) is 2.30. The Morgan fingerprint density at radius 3 is 1.41 bits per heavy atom. The third-order valence-corrected chi connectivity index (χ3v) is 7.88. The Morgan fingerprint density at radius 1 is 0.471 bits per heavy atom. The lowest BCUT2D eigenvalue weighted by atomic mass is 10.1. The van der Waals surface area contributed by atoms with E-state index in [1.165, 1.54) is 0 Å². The molecule has 16 nitrogen and oxygen atoms in total. The molecule has 0 rings (SSSR count). The zero-order chi connectivity index (χ0) is 37.8. The van der Waals surface area contributed by atoms with Gasteiger partial charge in [0.25, 0.3) is 0 Å². The molecular formula is C34H61BrN4O12. The van der Waals surface area contributed by atoms with E-state index in [0.29, 0.717) is 85.0 Å². The molecule has 0 aromatic rings. The number of carbonyl (C=O) groups excluding carboxylic acids is 4. The summed E-state index contributed by atoms with van der Waals surface area (Å²) in [4.78, 5) is 69.1. The van der Waals surface area contributed by atoms with Crippen LogP contribution in [0.25, 0.3) is 0 Å². The summed E-state index contributed by atoms with van der Waals surface area (Å²) in [5, 5.41) is 29.1. The smallest absolute Gasteiger partial charge is 0.326 e. The van der Waals surface area contributed by atoms with Crippen LogP contribution < -0.4 is 21.3 Å². The molecule has 296 valence electrons. The van der Waals surface area contributed by atoms with Crippen molar-refractivity contribution in [1.82, 2.24) is 21.3 Å². The van der Waals surface area contributed by atoms with Gasteiger partial charge in [0.2, 0.25) is 23.6 Å². The fraction of sp³-hybridized carbons (Fsp3) is 0.824. The first-order chi connectivity index (χ1) is 24.6. The molecule has 0 aromatic carbocycles. The first-order valence-electron chi connectivity index (χ1n) is 18.1. The maximum Gasteiger partial charge on any atom is 0.326 e. The number of rotatable bonds is 37. The molecule has 0 saturated heterocycles. The highest BCUT2D eigenvalue weighted by Crippen LogP contribution is 2.11. The van der Waals surface area contributed by atoms with Gasteiger partial charge in [-0.15, -0.1) is 0 Å². The van der Waals surface area contributed by atoms with E-state index in [0.717, 1.165) is 38.5 Å². The van der Waals surface area contributed by atoms with Crippen molar-refractivity contribution in [3.63, 3.8) is 0 Å². The first-order valence-corrected chi connectivity index (χ1v) is 19.2. The highest BCUT2D eigenvalue weighted by molar-refractivity contribution is 9.09. The lowest BCUT2D eigenvalue weighted by Gasteiger charge is -2.14. The molecule has 0 unspecified atom stereocenters. The Labute approximate surface area is 310 Å². The monoisotopic (exact) mass is 796 g/mol. The lowest BCUT2D eigenvalue weighted by molar-refractivity contribution is -0.142. The topological polar surface area (TPSA) is 228 Å². The van der Waals surface area contributed by atoms with Gasteiger partial charge in [-0.1, -0.05) is 54.5 Å². The van der Waals surface area contributed by atoms with E-state index < -0.39 is 18.0 Å². The minimum Gasteiger partial charge on any atom is -0.481 e. The van der Waals surface area contributed by atoms with Gasteiger partial charge >= 0.3 is 11.9 Å². The number of unbranched alkanes of at least 4 members (excludes halogenated alkanes) is 8. The van der Waals surface area contributed by atoms with E-state index in [1.807, 2.05) is 0 Å². The quantitative estimate of drug-likeness (QED) is 0.0393. The number of carboxylic acid groups (broad SMARTS) is 2. The van der Waals surface area contributed by atoms with Gasteiger partial charge in [-0.05, 0) is 32.1 Å². The van der Waals surface area contributed by atoms with Crippen LogP contribution in [0.4, 0.5) is 0 Å². The van der Waals surface area contributed by atoms with Crippen molar-refractivity contribution < 1.29 is 57.9 Å². The number of hydrogen-bond acceptors (Lipinski definition) is 10. The first kappa shape index (κ1) is 48.1. The summed E-state index contributed by atoms with van der Waals surface area (Å²) in [6.45, 7) is 3.74. The average Bonchev–Trinajstić information content (AvgIpc) is 3.09. The van der Waals surface area contributed by atoms with Gasteiger partial charge in [0, 0.05) is 45.3 Å². The van der Waals surface area contributed by atoms with Crippen LogP contribution in [-0.4, -0.2) is 130 Å². The summed E-state index contributed by atoms with van der Waals surface area (Å²) >= 11 is 3.05. The van der Waals surface area contributed by atoms with Gasteiger partial charge in [0.15, 0.2) is 0 Å². The van der Waals surface area contributed by atoms with Crippen LogP contribution in [0.5, 0.6) is 0 Å². The normalized spacial score (nSPS) is 11.5. The number of ether oxygens (including phenoxy) is 4. The molecule has 0 aliphatic heterocycles. The van der Waals surface area contributed by atoms with Gasteiger partial charge in [-0.2, -0.15) is 0 Å². The zero-order valence-corrected chi connectivity index (χ0v) is 31.6. The van der Waals surface area contributed by atoms with E-state index >= 15 is 0 Å². The Balaban J connectivity index is 3.61. The molecule has 0 aliphatic rings. The Hall–Kier alpha value is -2.86. The van der Waals surface area contributed by atoms with Gasteiger partial charge in [0.1, 0.15) is 6.04 Å². The second-order valence-electron chi connectivity index (χ2n) is 11.8. The number of halogens is 1. The highest BCUT2D eigenvalue weighted by Gasteiger charge is 2.19. The van der Waals surface area contributed by atoms with Crippen molar-refractivity contribution in [2.45, 2.75) is 102 Å². The second kappa shape index (κ2) is 35.5. The molecule has 0 aromatic heterocycles. The molecule has 0 bridgehead atoms. The molecule has 1 atom stereocenters. The molecule has 4 amide bonds.